The Balaban J connectivity index is 1.56. The molecule has 1 N–H and O–H groups in total. The fraction of sp³-hybridized carbons (Fsp3) is 0.238. The molecule has 2 aromatic carbocycles. The van der Waals surface area contributed by atoms with Gasteiger partial charge in [-0.15, -0.1) is 11.3 Å². The van der Waals surface area contributed by atoms with Crippen LogP contribution in [0.4, 0.5) is 0 Å². The molecule has 3 aromatic rings. The first-order chi connectivity index (χ1) is 13.6. The topological polar surface area (TPSA) is 60.5 Å². The number of rotatable bonds is 8. The van der Waals surface area contributed by atoms with Crippen LogP contribution in [0.2, 0.25) is 0 Å². The van der Waals surface area contributed by atoms with Crippen LogP contribution < -0.4 is 14.8 Å². The number of hydrogen-bond acceptors (Lipinski definition) is 6. The second kappa shape index (κ2) is 9.61. The standard InChI is InChI=1S/C21H22N2O3S2/c1-14(28-21-23-17(13-27-21)16-7-5-4-6-8-16)20(24)22-12-15-9-10-18(25-2)19(11-15)26-3/h4-11,13-14H,12H2,1-3H3,(H,22,24). The Bertz CT molecular complexity index is 928. The molecule has 7 heteroatoms. The molecule has 0 radical (unpaired) electrons. The van der Waals surface area contributed by atoms with Crippen molar-refractivity contribution in [3.05, 3.63) is 59.5 Å². The second-order valence-corrected chi connectivity index (χ2v) is 8.48. The summed E-state index contributed by atoms with van der Waals surface area (Å²) < 4.78 is 11.4. The van der Waals surface area contributed by atoms with Gasteiger partial charge in [0.1, 0.15) is 0 Å². The number of hydrogen-bond donors (Lipinski definition) is 1. The van der Waals surface area contributed by atoms with Crippen molar-refractivity contribution in [2.24, 2.45) is 0 Å². The summed E-state index contributed by atoms with van der Waals surface area (Å²) in [5, 5.41) is 4.75. The minimum Gasteiger partial charge on any atom is -0.493 e. The van der Waals surface area contributed by atoms with E-state index in [4.69, 9.17) is 9.47 Å². The third kappa shape index (κ3) is 5.05. The monoisotopic (exact) mass is 414 g/mol. The van der Waals surface area contributed by atoms with Gasteiger partial charge in [0, 0.05) is 17.5 Å². The summed E-state index contributed by atoms with van der Waals surface area (Å²) in [5.41, 5.74) is 2.96. The fourth-order valence-corrected chi connectivity index (χ4v) is 4.58. The molecule has 1 aromatic heterocycles. The summed E-state index contributed by atoms with van der Waals surface area (Å²) in [6, 6.07) is 15.6. The van der Waals surface area contributed by atoms with Gasteiger partial charge in [0.25, 0.3) is 0 Å². The summed E-state index contributed by atoms with van der Waals surface area (Å²) in [7, 11) is 3.19. The lowest BCUT2D eigenvalue weighted by atomic mass is 10.2. The molecule has 0 aliphatic rings. The van der Waals surface area contributed by atoms with Crippen LogP contribution in [0.15, 0.2) is 58.3 Å². The van der Waals surface area contributed by atoms with Crippen LogP contribution in [-0.2, 0) is 11.3 Å². The van der Waals surface area contributed by atoms with Crippen LogP contribution in [0.1, 0.15) is 12.5 Å². The van der Waals surface area contributed by atoms with E-state index < -0.39 is 0 Å². The first-order valence-corrected chi connectivity index (χ1v) is 10.5. The highest BCUT2D eigenvalue weighted by Crippen LogP contribution is 2.31. The van der Waals surface area contributed by atoms with E-state index in [9.17, 15) is 4.79 Å². The van der Waals surface area contributed by atoms with Gasteiger partial charge in [-0.05, 0) is 24.6 Å². The number of thiazole rings is 1. The van der Waals surface area contributed by atoms with Crippen LogP contribution >= 0.6 is 23.1 Å². The van der Waals surface area contributed by atoms with Gasteiger partial charge in [0.15, 0.2) is 15.8 Å². The minimum absolute atomic E-state index is 0.0313. The quantitative estimate of drug-likeness (QED) is 0.545. The molecule has 1 unspecified atom stereocenters. The number of methoxy groups -OCH3 is 2. The highest BCUT2D eigenvalue weighted by Gasteiger charge is 2.17. The van der Waals surface area contributed by atoms with E-state index in [1.165, 1.54) is 11.8 Å². The number of nitrogens with one attached hydrogen (secondary N) is 1. The van der Waals surface area contributed by atoms with E-state index in [0.717, 1.165) is 21.2 Å². The summed E-state index contributed by atoms with van der Waals surface area (Å²) in [6.07, 6.45) is 0. The van der Waals surface area contributed by atoms with E-state index in [2.05, 4.69) is 10.3 Å². The maximum absolute atomic E-state index is 12.5. The molecule has 3 rings (SSSR count). The Labute approximate surface area is 173 Å². The van der Waals surface area contributed by atoms with Crippen molar-refractivity contribution in [2.75, 3.05) is 14.2 Å². The van der Waals surface area contributed by atoms with Crippen molar-refractivity contribution >= 4 is 29.0 Å². The van der Waals surface area contributed by atoms with Crippen LogP contribution in [0.25, 0.3) is 11.3 Å². The normalized spacial score (nSPS) is 11.7. The summed E-state index contributed by atoms with van der Waals surface area (Å²) in [4.78, 5) is 17.1. The number of carbonyl (C=O) groups excluding carboxylic acids is 1. The van der Waals surface area contributed by atoms with Crippen LogP contribution in [-0.4, -0.2) is 30.4 Å². The van der Waals surface area contributed by atoms with Crippen molar-refractivity contribution in [1.29, 1.82) is 0 Å². The first kappa shape index (κ1) is 20.2. The van der Waals surface area contributed by atoms with Gasteiger partial charge in [-0.1, -0.05) is 48.2 Å². The van der Waals surface area contributed by atoms with Crippen LogP contribution in [0.5, 0.6) is 11.5 Å². The third-order valence-corrected chi connectivity index (χ3v) is 6.19. The SMILES string of the molecule is COc1ccc(CNC(=O)C(C)Sc2nc(-c3ccccc3)cs2)cc1OC. The zero-order chi connectivity index (χ0) is 19.9. The Morgan fingerprint density at radius 1 is 1.14 bits per heavy atom. The average molecular weight is 415 g/mol. The van der Waals surface area contributed by atoms with Gasteiger partial charge in [0.05, 0.1) is 25.2 Å². The number of carbonyl (C=O) groups is 1. The van der Waals surface area contributed by atoms with E-state index in [0.29, 0.717) is 18.0 Å². The predicted molar refractivity (Wildman–Crippen MR) is 114 cm³/mol. The molecule has 1 heterocycles. The molecular formula is C21H22N2O3S2. The molecule has 0 aliphatic carbocycles. The number of amides is 1. The highest BCUT2D eigenvalue weighted by atomic mass is 32.2. The molecule has 0 aliphatic heterocycles. The predicted octanol–water partition coefficient (Wildman–Crippen LogP) is 4.62. The van der Waals surface area contributed by atoms with Crippen LogP contribution in [0, 0.1) is 0 Å². The lowest BCUT2D eigenvalue weighted by Crippen LogP contribution is -2.30. The Morgan fingerprint density at radius 3 is 2.61 bits per heavy atom. The zero-order valence-corrected chi connectivity index (χ0v) is 17.6. The maximum atomic E-state index is 12.5. The molecule has 146 valence electrons. The largest absolute Gasteiger partial charge is 0.493 e. The number of nitrogens with zero attached hydrogens (tertiary/aromatic N) is 1. The molecule has 0 bridgehead atoms. The second-order valence-electron chi connectivity index (χ2n) is 6.03. The van der Waals surface area contributed by atoms with Crippen molar-refractivity contribution in [1.82, 2.24) is 10.3 Å². The molecule has 5 nitrogen and oxygen atoms in total. The van der Waals surface area contributed by atoms with E-state index in [1.54, 1.807) is 25.6 Å². The zero-order valence-electron chi connectivity index (χ0n) is 16.0. The number of ether oxygens (including phenoxy) is 2. The van der Waals surface area contributed by atoms with Crippen molar-refractivity contribution in [3.8, 4) is 22.8 Å². The lowest BCUT2D eigenvalue weighted by Gasteiger charge is -2.12. The molecule has 0 saturated heterocycles. The van der Waals surface area contributed by atoms with E-state index in [-0.39, 0.29) is 11.2 Å². The van der Waals surface area contributed by atoms with Gasteiger partial charge < -0.3 is 14.8 Å². The van der Waals surface area contributed by atoms with Crippen molar-refractivity contribution in [3.63, 3.8) is 0 Å². The third-order valence-electron chi connectivity index (χ3n) is 4.11. The van der Waals surface area contributed by atoms with E-state index in [1.807, 2.05) is 60.8 Å². The van der Waals surface area contributed by atoms with Gasteiger partial charge in [-0.3, -0.25) is 4.79 Å². The fourth-order valence-electron chi connectivity index (χ4n) is 2.58. The summed E-state index contributed by atoms with van der Waals surface area (Å²) in [6.45, 7) is 2.31. The molecule has 0 spiro atoms. The maximum Gasteiger partial charge on any atom is 0.233 e. The molecule has 0 fully saturated rings. The Hall–Kier alpha value is -2.51. The highest BCUT2D eigenvalue weighted by molar-refractivity contribution is 8.02. The van der Waals surface area contributed by atoms with Gasteiger partial charge in [-0.2, -0.15) is 0 Å². The van der Waals surface area contributed by atoms with E-state index >= 15 is 0 Å². The number of thioether (sulfide) groups is 1. The minimum atomic E-state index is -0.241. The summed E-state index contributed by atoms with van der Waals surface area (Å²) in [5.74, 6) is 1.28. The van der Waals surface area contributed by atoms with Crippen molar-refractivity contribution in [2.45, 2.75) is 23.1 Å². The Kier molecular flexibility index (Phi) is 6.95. The number of aromatic nitrogens is 1. The Morgan fingerprint density at radius 2 is 1.89 bits per heavy atom. The van der Waals surface area contributed by atoms with Gasteiger partial charge in [-0.25, -0.2) is 4.98 Å². The molecule has 1 atom stereocenters. The van der Waals surface area contributed by atoms with Gasteiger partial charge >= 0.3 is 0 Å². The molecule has 28 heavy (non-hydrogen) atoms. The lowest BCUT2D eigenvalue weighted by molar-refractivity contribution is -0.120. The van der Waals surface area contributed by atoms with Crippen LogP contribution in [0.3, 0.4) is 0 Å². The van der Waals surface area contributed by atoms with Gasteiger partial charge in [0.2, 0.25) is 5.91 Å². The summed E-state index contributed by atoms with van der Waals surface area (Å²) >= 11 is 3.02. The first-order valence-electron chi connectivity index (χ1n) is 8.77. The smallest absolute Gasteiger partial charge is 0.233 e. The average Bonchev–Trinajstić information content (AvgIpc) is 3.20. The molecule has 0 saturated carbocycles. The number of benzene rings is 2. The molecule has 1 amide bonds. The van der Waals surface area contributed by atoms with Crippen molar-refractivity contribution < 1.29 is 14.3 Å². The molecular weight excluding hydrogens is 392 g/mol.